The van der Waals surface area contributed by atoms with Crippen molar-refractivity contribution in [2.75, 3.05) is 12.4 Å². The number of methoxy groups -OCH3 is 1. The summed E-state index contributed by atoms with van der Waals surface area (Å²) >= 11 is 4.74. The quantitative estimate of drug-likeness (QED) is 0.866. The van der Waals surface area contributed by atoms with Crippen molar-refractivity contribution in [3.8, 4) is 0 Å². The van der Waals surface area contributed by atoms with Crippen molar-refractivity contribution in [1.82, 2.24) is 0 Å². The molecular formula is C13H12BrNO2S. The van der Waals surface area contributed by atoms with Crippen molar-refractivity contribution in [2.45, 2.75) is 6.54 Å². The van der Waals surface area contributed by atoms with E-state index >= 15 is 0 Å². The van der Waals surface area contributed by atoms with Crippen LogP contribution in [0.25, 0.3) is 0 Å². The lowest BCUT2D eigenvalue weighted by molar-refractivity contribution is 0.0607. The molecule has 3 nitrogen and oxygen atoms in total. The number of benzene rings is 1. The number of carbonyl (C=O) groups is 1. The molecule has 1 N–H and O–H groups in total. The zero-order valence-electron chi connectivity index (χ0n) is 9.77. The lowest BCUT2D eigenvalue weighted by Gasteiger charge is -2.06. The Morgan fingerprint density at radius 3 is 2.78 bits per heavy atom. The van der Waals surface area contributed by atoms with Gasteiger partial charge in [0.2, 0.25) is 0 Å². The van der Waals surface area contributed by atoms with E-state index in [9.17, 15) is 4.79 Å². The number of hydrogen-bond acceptors (Lipinski definition) is 4. The maximum atomic E-state index is 11.6. The Morgan fingerprint density at radius 1 is 1.39 bits per heavy atom. The highest BCUT2D eigenvalue weighted by Gasteiger charge is 2.15. The lowest BCUT2D eigenvalue weighted by Crippen LogP contribution is -2.05. The van der Waals surface area contributed by atoms with E-state index in [1.807, 2.05) is 36.4 Å². The van der Waals surface area contributed by atoms with Gasteiger partial charge in [-0.1, -0.05) is 30.3 Å². The van der Waals surface area contributed by atoms with E-state index < -0.39 is 0 Å². The fourth-order valence-electron chi connectivity index (χ4n) is 1.53. The minimum Gasteiger partial charge on any atom is -0.465 e. The molecule has 0 fully saturated rings. The third-order valence-electron chi connectivity index (χ3n) is 2.40. The molecule has 18 heavy (non-hydrogen) atoms. The summed E-state index contributed by atoms with van der Waals surface area (Å²) in [5.41, 5.74) is 1.96. The molecule has 0 aliphatic heterocycles. The van der Waals surface area contributed by atoms with Gasteiger partial charge in [-0.2, -0.15) is 0 Å². The number of carbonyl (C=O) groups excluding carboxylic acids is 1. The maximum absolute atomic E-state index is 11.6. The van der Waals surface area contributed by atoms with Crippen molar-refractivity contribution in [3.63, 3.8) is 0 Å². The van der Waals surface area contributed by atoms with Gasteiger partial charge in [-0.3, -0.25) is 0 Å². The van der Waals surface area contributed by atoms with Gasteiger partial charge >= 0.3 is 5.97 Å². The summed E-state index contributed by atoms with van der Waals surface area (Å²) in [5, 5.41) is 3.25. The number of hydrogen-bond donors (Lipinski definition) is 1. The number of halogens is 1. The minimum absolute atomic E-state index is 0.318. The van der Waals surface area contributed by atoms with Crippen LogP contribution in [-0.4, -0.2) is 13.1 Å². The Kier molecular flexibility index (Phi) is 4.38. The Morgan fingerprint density at radius 2 is 2.11 bits per heavy atom. The molecule has 0 radical (unpaired) electrons. The number of thiophene rings is 1. The van der Waals surface area contributed by atoms with E-state index in [0.717, 1.165) is 15.0 Å². The second-order valence-electron chi connectivity index (χ2n) is 3.62. The van der Waals surface area contributed by atoms with Crippen molar-refractivity contribution >= 4 is 38.9 Å². The number of anilines is 1. The second kappa shape index (κ2) is 6.02. The molecule has 0 saturated heterocycles. The Balaban J connectivity index is 2.12. The van der Waals surface area contributed by atoms with Gasteiger partial charge in [0.25, 0.3) is 0 Å². The van der Waals surface area contributed by atoms with Gasteiger partial charge in [-0.15, -0.1) is 11.3 Å². The molecule has 0 unspecified atom stereocenters. The molecule has 5 heteroatoms. The number of esters is 1. The first kappa shape index (κ1) is 13.1. The third-order valence-corrected chi connectivity index (χ3v) is 4.02. The Hall–Kier alpha value is -1.33. The van der Waals surface area contributed by atoms with Gasteiger partial charge in [0, 0.05) is 6.54 Å². The molecule has 0 spiro atoms. The summed E-state index contributed by atoms with van der Waals surface area (Å²) in [7, 11) is 1.39. The van der Waals surface area contributed by atoms with E-state index in [-0.39, 0.29) is 5.97 Å². The first-order valence-corrected chi connectivity index (χ1v) is 6.97. The molecule has 2 aromatic rings. The molecule has 94 valence electrons. The first-order valence-electron chi connectivity index (χ1n) is 5.36. The third kappa shape index (κ3) is 3.11. The first-order chi connectivity index (χ1) is 8.70. The van der Waals surface area contributed by atoms with E-state index in [0.29, 0.717) is 11.4 Å². The molecule has 1 heterocycles. The van der Waals surface area contributed by atoms with Crippen LogP contribution in [0.4, 0.5) is 5.69 Å². The van der Waals surface area contributed by atoms with Crippen LogP contribution in [0.5, 0.6) is 0 Å². The van der Waals surface area contributed by atoms with E-state index in [1.54, 1.807) is 0 Å². The number of nitrogens with one attached hydrogen (secondary N) is 1. The van der Waals surface area contributed by atoms with Crippen LogP contribution >= 0.6 is 27.3 Å². The molecule has 1 aromatic heterocycles. The number of ether oxygens (including phenoxy) is 1. The SMILES string of the molecule is COC(=O)c1sc(Br)cc1NCc1ccccc1. The van der Waals surface area contributed by atoms with Crippen LogP contribution in [0, 0.1) is 0 Å². The van der Waals surface area contributed by atoms with E-state index in [4.69, 9.17) is 4.74 Å². The average Bonchev–Trinajstić information content (AvgIpc) is 2.78. The van der Waals surface area contributed by atoms with Crippen LogP contribution in [-0.2, 0) is 11.3 Å². The zero-order chi connectivity index (χ0) is 13.0. The van der Waals surface area contributed by atoms with Gasteiger partial charge in [-0.25, -0.2) is 4.79 Å². The highest BCUT2D eigenvalue weighted by molar-refractivity contribution is 9.11. The van der Waals surface area contributed by atoms with Gasteiger partial charge in [0.05, 0.1) is 16.6 Å². The summed E-state index contributed by atoms with van der Waals surface area (Å²) in [6, 6.07) is 11.9. The lowest BCUT2D eigenvalue weighted by atomic mass is 10.2. The normalized spacial score (nSPS) is 10.1. The summed E-state index contributed by atoms with van der Waals surface area (Å²) in [4.78, 5) is 12.2. The average molecular weight is 326 g/mol. The summed E-state index contributed by atoms with van der Waals surface area (Å²) in [6.07, 6.45) is 0. The van der Waals surface area contributed by atoms with Gasteiger partial charge < -0.3 is 10.1 Å². The van der Waals surface area contributed by atoms with Crippen molar-refractivity contribution in [1.29, 1.82) is 0 Å². The van der Waals surface area contributed by atoms with Crippen molar-refractivity contribution < 1.29 is 9.53 Å². The van der Waals surface area contributed by atoms with Crippen molar-refractivity contribution in [2.24, 2.45) is 0 Å². The number of rotatable bonds is 4. The largest absolute Gasteiger partial charge is 0.465 e. The molecule has 1 aromatic carbocycles. The van der Waals surface area contributed by atoms with Gasteiger partial charge in [0.1, 0.15) is 4.88 Å². The standard InChI is InChI=1S/C13H12BrNO2S/c1-17-13(16)12-10(7-11(14)18-12)15-8-9-5-3-2-4-6-9/h2-7,15H,8H2,1H3. The fourth-order valence-corrected chi connectivity index (χ4v) is 3.02. The monoisotopic (exact) mass is 325 g/mol. The van der Waals surface area contributed by atoms with E-state index in [2.05, 4.69) is 21.2 Å². The zero-order valence-corrected chi connectivity index (χ0v) is 12.2. The highest BCUT2D eigenvalue weighted by atomic mass is 79.9. The Labute approximate surface area is 118 Å². The van der Waals surface area contributed by atoms with Crippen molar-refractivity contribution in [3.05, 3.63) is 50.6 Å². The van der Waals surface area contributed by atoms with Crippen LogP contribution in [0.1, 0.15) is 15.2 Å². The highest BCUT2D eigenvalue weighted by Crippen LogP contribution is 2.32. The smallest absolute Gasteiger partial charge is 0.350 e. The summed E-state index contributed by atoms with van der Waals surface area (Å²) in [6.45, 7) is 0.675. The molecule has 2 rings (SSSR count). The maximum Gasteiger partial charge on any atom is 0.350 e. The molecule has 0 atom stereocenters. The summed E-state index contributed by atoms with van der Waals surface area (Å²) < 4.78 is 5.65. The topological polar surface area (TPSA) is 38.3 Å². The predicted molar refractivity (Wildman–Crippen MR) is 77.1 cm³/mol. The van der Waals surface area contributed by atoms with E-state index in [1.165, 1.54) is 18.4 Å². The molecule has 0 bridgehead atoms. The molecule has 0 amide bonds. The molecule has 0 aliphatic carbocycles. The second-order valence-corrected chi connectivity index (χ2v) is 6.06. The summed E-state index contributed by atoms with van der Waals surface area (Å²) in [5.74, 6) is -0.318. The van der Waals surface area contributed by atoms with Gasteiger partial charge in [0.15, 0.2) is 0 Å². The Bertz CT molecular complexity index is 539. The molecule has 0 saturated carbocycles. The predicted octanol–water partition coefficient (Wildman–Crippen LogP) is 3.91. The molecule has 0 aliphatic rings. The van der Waals surface area contributed by atoms with Crippen LogP contribution in [0.3, 0.4) is 0 Å². The minimum atomic E-state index is -0.318. The van der Waals surface area contributed by atoms with Crippen LogP contribution in [0.15, 0.2) is 40.2 Å². The molecular weight excluding hydrogens is 314 g/mol. The fraction of sp³-hybridized carbons (Fsp3) is 0.154. The van der Waals surface area contributed by atoms with Crippen LogP contribution in [0.2, 0.25) is 0 Å². The van der Waals surface area contributed by atoms with Gasteiger partial charge in [-0.05, 0) is 27.6 Å². The van der Waals surface area contributed by atoms with Crippen LogP contribution < -0.4 is 5.32 Å².